The summed E-state index contributed by atoms with van der Waals surface area (Å²) in [5, 5.41) is 5.23. The Kier molecular flexibility index (Phi) is 9.24. The standard InChI is InChI=1S/C28H24F6I2N2O2/c1-25(2,35)23(39)15-5-7-16(8-6-15)24(40)37-17-9-11-19(21(13-17)27(29,30)31)20-12-10-18(38-26(3,4)36)14-22(20)28(32,33)34/h5-14,38H,1-4H3,(H,37,40). The number of ketones is 1. The zero-order chi connectivity index (χ0) is 30.3. The molecule has 4 nitrogen and oxygen atoms in total. The molecule has 0 heterocycles. The van der Waals surface area contributed by atoms with Gasteiger partial charge in [0.2, 0.25) is 0 Å². The molecule has 0 radical (unpaired) electrons. The van der Waals surface area contributed by atoms with Crippen molar-refractivity contribution >= 4 is 68.2 Å². The van der Waals surface area contributed by atoms with Crippen LogP contribution in [-0.2, 0) is 12.4 Å². The predicted molar refractivity (Wildman–Crippen MR) is 160 cm³/mol. The van der Waals surface area contributed by atoms with Gasteiger partial charge >= 0.3 is 12.4 Å². The highest BCUT2D eigenvalue weighted by molar-refractivity contribution is 14.1. The van der Waals surface area contributed by atoms with Gasteiger partial charge in [-0.3, -0.25) is 9.59 Å². The second kappa shape index (κ2) is 11.5. The SMILES string of the molecule is CC(C)(I)Nc1ccc(-c2ccc(NC(=O)c3ccc(C(=O)C(C)(C)I)cc3)cc2C(F)(F)F)c(C(F)(F)F)c1. The van der Waals surface area contributed by atoms with Gasteiger partial charge in [0.1, 0.15) is 0 Å². The smallest absolute Gasteiger partial charge is 0.371 e. The summed E-state index contributed by atoms with van der Waals surface area (Å²) in [5.41, 5.74) is -3.60. The zero-order valence-electron chi connectivity index (χ0n) is 21.6. The lowest BCUT2D eigenvalue weighted by atomic mass is 9.93. The first kappa shape index (κ1) is 32.2. The molecular formula is C28H24F6I2N2O2. The van der Waals surface area contributed by atoms with E-state index in [2.05, 4.69) is 10.6 Å². The topological polar surface area (TPSA) is 58.2 Å². The first-order valence-corrected chi connectivity index (χ1v) is 13.9. The van der Waals surface area contributed by atoms with E-state index < -0.39 is 47.5 Å². The van der Waals surface area contributed by atoms with E-state index in [0.717, 1.165) is 24.3 Å². The lowest BCUT2D eigenvalue weighted by Gasteiger charge is -2.23. The Morgan fingerprint density at radius 3 is 1.50 bits per heavy atom. The summed E-state index contributed by atoms with van der Waals surface area (Å²) in [6.07, 6.45) is -9.95. The number of hydrogen-bond donors (Lipinski definition) is 2. The van der Waals surface area contributed by atoms with Crippen LogP contribution in [0.4, 0.5) is 37.7 Å². The van der Waals surface area contributed by atoms with Gasteiger partial charge in [-0.15, -0.1) is 0 Å². The van der Waals surface area contributed by atoms with Gasteiger partial charge in [-0.1, -0.05) is 69.4 Å². The number of alkyl halides is 8. The summed E-state index contributed by atoms with van der Waals surface area (Å²) < 4.78 is 82.9. The highest BCUT2D eigenvalue weighted by Crippen LogP contribution is 2.44. The monoisotopic (exact) mass is 788 g/mol. The third-order valence-corrected chi connectivity index (χ3v) is 6.35. The summed E-state index contributed by atoms with van der Waals surface area (Å²) in [7, 11) is 0. The molecule has 2 N–H and O–H groups in total. The first-order chi connectivity index (χ1) is 18.2. The highest BCUT2D eigenvalue weighted by atomic mass is 127. The average Bonchev–Trinajstić information content (AvgIpc) is 2.81. The first-order valence-electron chi connectivity index (χ1n) is 11.7. The molecule has 0 spiro atoms. The highest BCUT2D eigenvalue weighted by Gasteiger charge is 2.39. The van der Waals surface area contributed by atoms with E-state index in [9.17, 15) is 35.9 Å². The number of hydrogen-bond acceptors (Lipinski definition) is 3. The minimum Gasteiger partial charge on any atom is -0.371 e. The van der Waals surface area contributed by atoms with Crippen molar-refractivity contribution in [1.29, 1.82) is 0 Å². The van der Waals surface area contributed by atoms with Crippen LogP contribution in [0.25, 0.3) is 11.1 Å². The van der Waals surface area contributed by atoms with Crippen molar-refractivity contribution in [3.63, 3.8) is 0 Å². The molecule has 0 unspecified atom stereocenters. The number of carbonyl (C=O) groups excluding carboxylic acids is 2. The van der Waals surface area contributed by atoms with Crippen LogP contribution in [0.5, 0.6) is 0 Å². The summed E-state index contributed by atoms with van der Waals surface area (Å²) in [4.78, 5) is 25.1. The fraction of sp³-hybridized carbons (Fsp3) is 0.286. The lowest BCUT2D eigenvalue weighted by Crippen LogP contribution is -2.24. The Morgan fingerprint density at radius 1 is 0.650 bits per heavy atom. The molecule has 1 amide bonds. The van der Waals surface area contributed by atoms with Crippen molar-refractivity contribution < 1.29 is 35.9 Å². The summed E-state index contributed by atoms with van der Waals surface area (Å²) in [6.45, 7) is 6.91. The third-order valence-electron chi connectivity index (χ3n) is 5.59. The van der Waals surface area contributed by atoms with Crippen LogP contribution >= 0.6 is 45.2 Å². The largest absolute Gasteiger partial charge is 0.417 e. The molecule has 0 aliphatic carbocycles. The molecule has 40 heavy (non-hydrogen) atoms. The number of rotatable bonds is 7. The van der Waals surface area contributed by atoms with Crippen molar-refractivity contribution in [2.24, 2.45) is 0 Å². The number of benzene rings is 3. The van der Waals surface area contributed by atoms with Gasteiger partial charge in [0.05, 0.1) is 18.1 Å². The molecule has 0 saturated heterocycles. The molecule has 12 heteroatoms. The van der Waals surface area contributed by atoms with Crippen molar-refractivity contribution in [3.8, 4) is 11.1 Å². The normalized spacial score (nSPS) is 12.7. The van der Waals surface area contributed by atoms with Gasteiger partial charge in [0, 0.05) is 22.5 Å². The Labute approximate surface area is 254 Å². The maximum Gasteiger partial charge on any atom is 0.417 e. The number of nitrogens with one attached hydrogen (secondary N) is 2. The van der Waals surface area contributed by atoms with E-state index in [0.29, 0.717) is 11.6 Å². The van der Waals surface area contributed by atoms with E-state index in [4.69, 9.17) is 0 Å². The minimum absolute atomic E-state index is 0.0843. The fourth-order valence-electron chi connectivity index (χ4n) is 3.85. The quantitative estimate of drug-likeness (QED) is 0.0825. The summed E-state index contributed by atoms with van der Waals surface area (Å²) in [6, 6.07) is 11.3. The molecule has 214 valence electrons. The number of halogens is 8. The molecule has 0 bridgehead atoms. The van der Waals surface area contributed by atoms with E-state index in [1.54, 1.807) is 27.7 Å². The molecule has 3 rings (SSSR count). The fourth-order valence-corrected chi connectivity index (χ4v) is 4.47. The van der Waals surface area contributed by atoms with Crippen molar-refractivity contribution in [1.82, 2.24) is 0 Å². The van der Waals surface area contributed by atoms with E-state index in [1.807, 2.05) is 45.2 Å². The molecular weight excluding hydrogens is 764 g/mol. The molecule has 3 aromatic rings. The van der Waals surface area contributed by atoms with E-state index >= 15 is 0 Å². The summed E-state index contributed by atoms with van der Waals surface area (Å²) >= 11 is 3.97. The van der Waals surface area contributed by atoms with Crippen LogP contribution in [0.2, 0.25) is 0 Å². The van der Waals surface area contributed by atoms with Gasteiger partial charge in [0.15, 0.2) is 5.78 Å². The van der Waals surface area contributed by atoms with Crippen LogP contribution in [0.3, 0.4) is 0 Å². The number of amides is 1. The number of anilines is 2. The lowest BCUT2D eigenvalue weighted by molar-refractivity contribution is -0.139. The second-order valence-corrected chi connectivity index (χ2v) is 15.3. The predicted octanol–water partition coefficient (Wildman–Crippen LogP) is 9.62. The summed E-state index contributed by atoms with van der Waals surface area (Å²) in [5.74, 6) is -0.910. The zero-order valence-corrected chi connectivity index (χ0v) is 25.9. The van der Waals surface area contributed by atoms with Crippen LogP contribution in [0, 0.1) is 0 Å². The molecule has 3 aromatic carbocycles. The molecule has 0 aliphatic rings. The molecule has 0 aromatic heterocycles. The maximum absolute atomic E-state index is 14.1. The van der Waals surface area contributed by atoms with Crippen LogP contribution < -0.4 is 10.6 Å². The van der Waals surface area contributed by atoms with Crippen molar-refractivity contribution in [2.75, 3.05) is 10.6 Å². The van der Waals surface area contributed by atoms with Gasteiger partial charge in [-0.2, -0.15) is 26.3 Å². The van der Waals surface area contributed by atoms with Crippen LogP contribution in [0.15, 0.2) is 60.7 Å². The van der Waals surface area contributed by atoms with Gasteiger partial charge in [0.25, 0.3) is 5.91 Å². The van der Waals surface area contributed by atoms with Crippen molar-refractivity contribution in [3.05, 3.63) is 82.9 Å². The van der Waals surface area contributed by atoms with E-state index in [-0.39, 0.29) is 22.7 Å². The Bertz CT molecular complexity index is 1420. The molecule has 0 saturated carbocycles. The Balaban J connectivity index is 2.00. The Morgan fingerprint density at radius 2 is 1.07 bits per heavy atom. The van der Waals surface area contributed by atoms with Crippen LogP contribution in [-0.4, -0.2) is 18.7 Å². The number of carbonyl (C=O) groups is 2. The average molecular weight is 788 g/mol. The second-order valence-electron chi connectivity index (χ2n) is 9.95. The van der Waals surface area contributed by atoms with E-state index in [1.165, 1.54) is 30.3 Å². The number of Topliss-reactive ketones (excluding diaryl/α,β-unsaturated/α-hetero) is 1. The third kappa shape index (κ3) is 8.10. The van der Waals surface area contributed by atoms with Gasteiger partial charge < -0.3 is 10.6 Å². The molecule has 0 fully saturated rings. The molecule has 0 atom stereocenters. The molecule has 0 aliphatic heterocycles. The minimum atomic E-state index is -5.02. The maximum atomic E-state index is 14.1. The Hall–Kier alpha value is -2.36. The van der Waals surface area contributed by atoms with Crippen LogP contribution in [0.1, 0.15) is 59.5 Å². The van der Waals surface area contributed by atoms with Crippen molar-refractivity contribution in [2.45, 2.75) is 47.0 Å². The van der Waals surface area contributed by atoms with Gasteiger partial charge in [-0.05, 0) is 75.2 Å². The van der Waals surface area contributed by atoms with Gasteiger partial charge in [-0.25, -0.2) is 0 Å².